The molecule has 106 valence electrons. The van der Waals surface area contributed by atoms with Gasteiger partial charge in [0.05, 0.1) is 19.2 Å². The van der Waals surface area contributed by atoms with Crippen LogP contribution in [0.3, 0.4) is 0 Å². The van der Waals surface area contributed by atoms with Crippen LogP contribution in [0.4, 0.5) is 4.79 Å². The molecule has 0 spiro atoms. The van der Waals surface area contributed by atoms with Crippen molar-refractivity contribution in [2.75, 3.05) is 20.7 Å². The van der Waals surface area contributed by atoms with Crippen LogP contribution >= 0.6 is 0 Å². The zero-order valence-corrected chi connectivity index (χ0v) is 11.1. The average Bonchev–Trinajstić information content (AvgIpc) is 2.75. The summed E-state index contributed by atoms with van der Waals surface area (Å²) in [4.78, 5) is 41.7. The van der Waals surface area contributed by atoms with E-state index in [2.05, 4.69) is 4.74 Å². The van der Waals surface area contributed by atoms with Gasteiger partial charge in [-0.3, -0.25) is 0 Å². The Hall–Kier alpha value is -2.57. The third-order valence-electron chi connectivity index (χ3n) is 2.91. The average molecular weight is 278 g/mol. The predicted octanol–water partition coefficient (Wildman–Crippen LogP) is 0.667. The Kier molecular flexibility index (Phi) is 3.88. The van der Waals surface area contributed by atoms with Gasteiger partial charge in [0.2, 0.25) is 0 Å². The number of hydrogen-bond donors (Lipinski definition) is 0. The molecule has 1 aliphatic heterocycles. The molecular formula is C13H14N2O5. The van der Waals surface area contributed by atoms with Gasteiger partial charge in [0.25, 0.3) is 0 Å². The van der Waals surface area contributed by atoms with Crippen LogP contribution in [-0.2, 0) is 14.4 Å². The number of esters is 1. The zero-order chi connectivity index (χ0) is 14.7. The Morgan fingerprint density at radius 1 is 1.25 bits per heavy atom. The van der Waals surface area contributed by atoms with Gasteiger partial charge in [-0.25, -0.2) is 14.4 Å². The van der Waals surface area contributed by atoms with E-state index >= 15 is 0 Å². The van der Waals surface area contributed by atoms with Crippen molar-refractivity contribution in [3.05, 3.63) is 35.9 Å². The fourth-order valence-corrected chi connectivity index (χ4v) is 1.84. The minimum absolute atomic E-state index is 0.105. The number of urea groups is 1. The minimum Gasteiger partial charge on any atom is -0.467 e. The van der Waals surface area contributed by atoms with Gasteiger partial charge < -0.3 is 14.5 Å². The number of hydroxylamine groups is 2. The number of amides is 2. The molecule has 2 amide bonds. The van der Waals surface area contributed by atoms with Gasteiger partial charge >= 0.3 is 18.0 Å². The highest BCUT2D eigenvalue weighted by Crippen LogP contribution is 2.17. The quantitative estimate of drug-likeness (QED) is 0.759. The SMILES string of the molecule is COC(=O)[C@@H]1CN(C)C(=O)N1OC(=O)c1ccccc1. The van der Waals surface area contributed by atoms with Crippen molar-refractivity contribution in [3.63, 3.8) is 0 Å². The standard InChI is InChI=1S/C13H14N2O5/c1-14-8-10(12(17)19-2)15(13(14)18)20-11(16)9-6-4-3-5-7-9/h3-7,10H,8H2,1-2H3/t10-/m0/s1. The van der Waals surface area contributed by atoms with Crippen molar-refractivity contribution < 1.29 is 24.0 Å². The monoisotopic (exact) mass is 278 g/mol. The van der Waals surface area contributed by atoms with Crippen LogP contribution in [0.2, 0.25) is 0 Å². The summed E-state index contributed by atoms with van der Waals surface area (Å²) < 4.78 is 4.60. The molecule has 1 saturated heterocycles. The van der Waals surface area contributed by atoms with Crippen LogP contribution in [0.5, 0.6) is 0 Å². The highest BCUT2D eigenvalue weighted by Gasteiger charge is 2.43. The molecule has 0 bridgehead atoms. The lowest BCUT2D eigenvalue weighted by Crippen LogP contribution is -2.41. The maximum atomic E-state index is 11.9. The Morgan fingerprint density at radius 3 is 2.50 bits per heavy atom. The van der Waals surface area contributed by atoms with Gasteiger partial charge in [-0.05, 0) is 12.1 Å². The number of carbonyl (C=O) groups excluding carboxylic acids is 3. The van der Waals surface area contributed by atoms with E-state index in [-0.39, 0.29) is 6.54 Å². The number of ether oxygens (including phenoxy) is 1. The number of hydrogen-bond acceptors (Lipinski definition) is 5. The van der Waals surface area contributed by atoms with Gasteiger partial charge in [-0.15, -0.1) is 5.06 Å². The van der Waals surface area contributed by atoms with Crippen LogP contribution in [0, 0.1) is 0 Å². The van der Waals surface area contributed by atoms with Crippen molar-refractivity contribution in [2.45, 2.75) is 6.04 Å². The van der Waals surface area contributed by atoms with Gasteiger partial charge in [0, 0.05) is 7.05 Å². The second kappa shape index (κ2) is 5.60. The summed E-state index contributed by atoms with van der Waals surface area (Å²) in [5.74, 6) is -1.34. The molecule has 2 rings (SSSR count). The molecule has 1 fully saturated rings. The van der Waals surface area contributed by atoms with Crippen molar-refractivity contribution in [1.82, 2.24) is 9.96 Å². The summed E-state index contributed by atoms with van der Waals surface area (Å²) >= 11 is 0. The summed E-state index contributed by atoms with van der Waals surface area (Å²) in [6, 6.07) is 6.69. The first kappa shape index (κ1) is 13.9. The predicted molar refractivity (Wildman–Crippen MR) is 67.5 cm³/mol. The van der Waals surface area contributed by atoms with Crippen LogP contribution in [0.25, 0.3) is 0 Å². The van der Waals surface area contributed by atoms with Gasteiger partial charge in [-0.1, -0.05) is 18.2 Å². The summed E-state index contributed by atoms with van der Waals surface area (Å²) in [5, 5.41) is 0.751. The lowest BCUT2D eigenvalue weighted by molar-refractivity contribution is -0.156. The van der Waals surface area contributed by atoms with Crippen molar-refractivity contribution in [3.8, 4) is 0 Å². The maximum Gasteiger partial charge on any atom is 0.363 e. The number of rotatable bonds is 3. The third kappa shape index (κ3) is 2.56. The molecule has 0 radical (unpaired) electrons. The van der Waals surface area contributed by atoms with Gasteiger partial charge in [0.15, 0.2) is 6.04 Å². The van der Waals surface area contributed by atoms with E-state index in [9.17, 15) is 14.4 Å². The second-order valence-electron chi connectivity index (χ2n) is 4.27. The molecule has 0 aromatic heterocycles. The van der Waals surface area contributed by atoms with E-state index in [1.165, 1.54) is 19.1 Å². The van der Waals surface area contributed by atoms with Gasteiger partial charge in [0.1, 0.15) is 0 Å². The summed E-state index contributed by atoms with van der Waals surface area (Å²) in [5.41, 5.74) is 0.290. The molecule has 1 heterocycles. The Morgan fingerprint density at radius 2 is 1.90 bits per heavy atom. The number of likely N-dealkylation sites (N-methyl/N-ethyl adjacent to an activating group) is 1. The largest absolute Gasteiger partial charge is 0.467 e. The lowest BCUT2D eigenvalue weighted by Gasteiger charge is -2.19. The molecule has 1 atom stereocenters. The van der Waals surface area contributed by atoms with E-state index < -0.39 is 24.0 Å². The van der Waals surface area contributed by atoms with E-state index in [0.717, 1.165) is 5.06 Å². The van der Waals surface area contributed by atoms with E-state index in [1.807, 2.05) is 0 Å². The molecule has 7 heteroatoms. The molecule has 0 saturated carbocycles. The topological polar surface area (TPSA) is 76.2 Å². The van der Waals surface area contributed by atoms with E-state index in [1.54, 1.807) is 30.3 Å². The molecule has 1 aliphatic rings. The van der Waals surface area contributed by atoms with E-state index in [0.29, 0.717) is 5.56 Å². The molecule has 0 aliphatic carbocycles. The Labute approximate surface area is 115 Å². The Balaban J connectivity index is 2.15. The van der Waals surface area contributed by atoms with Crippen LogP contribution in [0.15, 0.2) is 30.3 Å². The lowest BCUT2D eigenvalue weighted by atomic mass is 10.2. The van der Waals surface area contributed by atoms with Crippen molar-refractivity contribution in [2.24, 2.45) is 0 Å². The minimum atomic E-state index is -0.954. The second-order valence-corrected chi connectivity index (χ2v) is 4.27. The van der Waals surface area contributed by atoms with E-state index in [4.69, 9.17) is 4.84 Å². The van der Waals surface area contributed by atoms with Crippen molar-refractivity contribution >= 4 is 18.0 Å². The fraction of sp³-hybridized carbons (Fsp3) is 0.308. The zero-order valence-electron chi connectivity index (χ0n) is 11.1. The van der Waals surface area contributed by atoms with Crippen LogP contribution in [-0.4, -0.2) is 54.7 Å². The Bertz CT molecular complexity index is 531. The first-order valence-electron chi connectivity index (χ1n) is 5.94. The summed E-state index contributed by atoms with van der Waals surface area (Å²) in [7, 11) is 2.72. The molecule has 20 heavy (non-hydrogen) atoms. The van der Waals surface area contributed by atoms with Crippen LogP contribution in [0.1, 0.15) is 10.4 Å². The fourth-order valence-electron chi connectivity index (χ4n) is 1.84. The highest BCUT2D eigenvalue weighted by molar-refractivity contribution is 5.92. The number of benzene rings is 1. The molecule has 0 N–H and O–H groups in total. The molecule has 0 unspecified atom stereocenters. The van der Waals surface area contributed by atoms with Crippen molar-refractivity contribution in [1.29, 1.82) is 0 Å². The third-order valence-corrected chi connectivity index (χ3v) is 2.91. The smallest absolute Gasteiger partial charge is 0.363 e. The van der Waals surface area contributed by atoms with Crippen LogP contribution < -0.4 is 0 Å². The molecular weight excluding hydrogens is 264 g/mol. The number of carbonyl (C=O) groups is 3. The molecule has 7 nitrogen and oxygen atoms in total. The number of methoxy groups -OCH3 is 1. The van der Waals surface area contributed by atoms with Gasteiger partial charge in [-0.2, -0.15) is 0 Å². The first-order valence-corrected chi connectivity index (χ1v) is 5.94. The molecule has 1 aromatic carbocycles. The highest BCUT2D eigenvalue weighted by atomic mass is 16.7. The number of nitrogens with zero attached hydrogens (tertiary/aromatic N) is 2. The molecule has 1 aromatic rings. The normalized spacial score (nSPS) is 18.1. The first-order chi connectivity index (χ1) is 9.54. The maximum absolute atomic E-state index is 11.9. The summed E-state index contributed by atoms with van der Waals surface area (Å²) in [6.07, 6.45) is 0. The summed E-state index contributed by atoms with van der Waals surface area (Å²) in [6.45, 7) is 0.105.